The van der Waals surface area contributed by atoms with Gasteiger partial charge in [0, 0.05) is 5.41 Å². The number of alkyl halides is 1. The van der Waals surface area contributed by atoms with Crippen LogP contribution >= 0.6 is 15.9 Å². The van der Waals surface area contributed by atoms with Crippen molar-refractivity contribution < 1.29 is 10.2 Å². The summed E-state index contributed by atoms with van der Waals surface area (Å²) in [6.07, 6.45) is 13.2. The van der Waals surface area contributed by atoms with Crippen LogP contribution in [0.1, 0.15) is 113 Å². The van der Waals surface area contributed by atoms with E-state index in [0.29, 0.717) is 16.7 Å². The first-order valence-corrected chi connectivity index (χ1v) is 14.5. The Morgan fingerprint density at radius 3 is 2.33 bits per heavy atom. The second-order valence-corrected chi connectivity index (χ2v) is 14.9. The number of halogens is 1. The standard InChI is InChI=1S/C30H49BrO2/c1-19(2)10-9-11-20(3)21-14-16-29(8)23-12-13-24-26(4,5)30(32,33)25(31)18-27(24,6)22(23)15-17-28(21,29)7/h10,20-21,24-25,32-33H,9,11-18H2,1-8H3/t20-,21-,24?,25?,27-,28+,29+/m1/s1. The molecule has 0 aromatic heterocycles. The van der Waals surface area contributed by atoms with Crippen LogP contribution in [0.15, 0.2) is 22.8 Å². The smallest absolute Gasteiger partial charge is 0.180 e. The fourth-order valence-corrected chi connectivity index (χ4v) is 10.8. The van der Waals surface area contributed by atoms with Crippen molar-refractivity contribution in [1.82, 2.24) is 0 Å². The van der Waals surface area contributed by atoms with Gasteiger partial charge in [0.15, 0.2) is 5.79 Å². The monoisotopic (exact) mass is 520 g/mol. The Labute approximate surface area is 211 Å². The minimum absolute atomic E-state index is 0.0533. The van der Waals surface area contributed by atoms with Gasteiger partial charge in [-0.1, -0.05) is 80.3 Å². The van der Waals surface area contributed by atoms with Crippen LogP contribution < -0.4 is 0 Å². The summed E-state index contributed by atoms with van der Waals surface area (Å²) in [6, 6.07) is 0. The molecule has 0 aromatic rings. The lowest BCUT2D eigenvalue weighted by Gasteiger charge is -2.64. The van der Waals surface area contributed by atoms with Crippen LogP contribution in [0.5, 0.6) is 0 Å². The van der Waals surface area contributed by atoms with E-state index < -0.39 is 11.2 Å². The summed E-state index contributed by atoms with van der Waals surface area (Å²) in [7, 11) is 0. The maximum atomic E-state index is 11.1. The number of hydrogen-bond acceptors (Lipinski definition) is 2. The lowest BCUT2D eigenvalue weighted by molar-refractivity contribution is -0.281. The van der Waals surface area contributed by atoms with E-state index in [4.69, 9.17) is 0 Å². The highest BCUT2D eigenvalue weighted by atomic mass is 79.9. The maximum absolute atomic E-state index is 11.1. The Balaban J connectivity index is 1.68. The minimum atomic E-state index is -1.67. The molecule has 4 rings (SSSR count). The predicted molar refractivity (Wildman–Crippen MR) is 142 cm³/mol. The molecule has 0 saturated heterocycles. The molecule has 2 N–H and O–H groups in total. The van der Waals surface area contributed by atoms with E-state index in [2.05, 4.69) is 77.4 Å². The summed E-state index contributed by atoms with van der Waals surface area (Å²) in [4.78, 5) is -0.291. The van der Waals surface area contributed by atoms with Crippen LogP contribution in [0, 0.1) is 39.4 Å². The van der Waals surface area contributed by atoms with Gasteiger partial charge < -0.3 is 10.2 Å². The third-order valence-corrected chi connectivity index (χ3v) is 12.8. The lowest BCUT2D eigenvalue weighted by atomic mass is 9.42. The highest BCUT2D eigenvalue weighted by Gasteiger charge is 2.67. The Hall–Kier alpha value is -0.120. The van der Waals surface area contributed by atoms with E-state index in [9.17, 15) is 10.2 Å². The molecule has 4 aliphatic rings. The van der Waals surface area contributed by atoms with E-state index in [1.165, 1.54) is 44.1 Å². The first-order valence-electron chi connectivity index (χ1n) is 13.6. The summed E-state index contributed by atoms with van der Waals surface area (Å²) in [5, 5.41) is 22.1. The van der Waals surface area contributed by atoms with Crippen LogP contribution in [0.3, 0.4) is 0 Å². The van der Waals surface area contributed by atoms with Gasteiger partial charge in [0.1, 0.15) is 0 Å². The molecule has 0 aliphatic heterocycles. The molecule has 0 heterocycles. The molecule has 0 radical (unpaired) electrons. The number of allylic oxidation sites excluding steroid dienone is 4. The molecule has 4 aliphatic carbocycles. The zero-order valence-corrected chi connectivity index (χ0v) is 24.1. The van der Waals surface area contributed by atoms with E-state index in [1.807, 2.05) is 0 Å². The summed E-state index contributed by atoms with van der Waals surface area (Å²) < 4.78 is 0. The zero-order valence-electron chi connectivity index (χ0n) is 22.5. The SMILES string of the molecule is CC(C)=CCC[C@@H](C)[C@H]1CC[C@@]2(C)C3=C(CC[C@@]12C)[C@@]1(C)CC(Br)C(O)(O)C(C)(C)C1CC3. The van der Waals surface area contributed by atoms with Crippen LogP contribution in [-0.2, 0) is 0 Å². The van der Waals surface area contributed by atoms with Crippen molar-refractivity contribution in [3.8, 4) is 0 Å². The van der Waals surface area contributed by atoms with E-state index in [0.717, 1.165) is 31.1 Å². The van der Waals surface area contributed by atoms with Crippen molar-refractivity contribution in [3.63, 3.8) is 0 Å². The Kier molecular flexibility index (Phi) is 6.45. The van der Waals surface area contributed by atoms with Crippen molar-refractivity contribution >= 4 is 15.9 Å². The maximum Gasteiger partial charge on any atom is 0.180 e. The first kappa shape index (κ1) is 26.0. The van der Waals surface area contributed by atoms with Gasteiger partial charge in [-0.2, -0.15) is 0 Å². The highest BCUT2D eigenvalue weighted by molar-refractivity contribution is 9.09. The molecule has 0 amide bonds. The van der Waals surface area contributed by atoms with Gasteiger partial charge in [-0.15, -0.1) is 0 Å². The average molecular weight is 522 g/mol. The molecule has 2 unspecified atom stereocenters. The van der Waals surface area contributed by atoms with Crippen LogP contribution in [-0.4, -0.2) is 20.8 Å². The topological polar surface area (TPSA) is 40.5 Å². The molecular weight excluding hydrogens is 472 g/mol. The highest BCUT2D eigenvalue weighted by Crippen LogP contribution is 2.73. The summed E-state index contributed by atoms with van der Waals surface area (Å²) in [6.45, 7) is 18.8. The Bertz CT molecular complexity index is 849. The van der Waals surface area contributed by atoms with Crippen LogP contribution in [0.25, 0.3) is 0 Å². The molecule has 0 bridgehead atoms. The number of aliphatic hydroxyl groups is 2. The third kappa shape index (κ3) is 3.52. The van der Waals surface area contributed by atoms with Crippen molar-refractivity contribution in [2.75, 3.05) is 0 Å². The molecule has 2 saturated carbocycles. The molecular formula is C30H49BrO2. The molecule has 7 atom stereocenters. The fourth-order valence-electron chi connectivity index (χ4n) is 9.50. The third-order valence-electron chi connectivity index (χ3n) is 11.8. The Morgan fingerprint density at radius 1 is 1.03 bits per heavy atom. The van der Waals surface area contributed by atoms with E-state index >= 15 is 0 Å². The van der Waals surface area contributed by atoms with Crippen molar-refractivity contribution in [3.05, 3.63) is 22.8 Å². The molecule has 2 fully saturated rings. The molecule has 2 nitrogen and oxygen atoms in total. The van der Waals surface area contributed by atoms with Crippen molar-refractivity contribution in [1.29, 1.82) is 0 Å². The average Bonchev–Trinajstić information content (AvgIpc) is 2.98. The summed E-state index contributed by atoms with van der Waals surface area (Å²) >= 11 is 3.72. The summed E-state index contributed by atoms with van der Waals surface area (Å²) in [5.41, 5.74) is 5.11. The van der Waals surface area contributed by atoms with E-state index in [1.54, 1.807) is 11.1 Å². The fraction of sp³-hybridized carbons (Fsp3) is 0.867. The number of fused-ring (bicyclic) bond motifs is 4. The van der Waals surface area contributed by atoms with Crippen LogP contribution in [0.4, 0.5) is 0 Å². The van der Waals surface area contributed by atoms with E-state index in [-0.39, 0.29) is 10.2 Å². The molecule has 188 valence electrons. The van der Waals surface area contributed by atoms with Crippen molar-refractivity contribution in [2.45, 2.75) is 124 Å². The lowest BCUT2D eigenvalue weighted by Crippen LogP contribution is -2.65. The number of hydrogen-bond donors (Lipinski definition) is 2. The van der Waals surface area contributed by atoms with Crippen molar-refractivity contribution in [2.24, 2.45) is 39.4 Å². The first-order chi connectivity index (χ1) is 15.1. The van der Waals surface area contributed by atoms with Gasteiger partial charge in [0.2, 0.25) is 0 Å². The number of rotatable bonds is 4. The largest absolute Gasteiger partial charge is 0.364 e. The van der Waals surface area contributed by atoms with Crippen LogP contribution in [0.2, 0.25) is 0 Å². The Morgan fingerprint density at radius 2 is 1.70 bits per heavy atom. The van der Waals surface area contributed by atoms with Gasteiger partial charge in [-0.05, 0) is 106 Å². The summed E-state index contributed by atoms with van der Waals surface area (Å²) in [5.74, 6) is 0.218. The normalized spacial score (nSPS) is 44.5. The second-order valence-electron chi connectivity index (χ2n) is 13.8. The second kappa shape index (κ2) is 8.20. The minimum Gasteiger partial charge on any atom is -0.364 e. The molecule has 33 heavy (non-hydrogen) atoms. The zero-order chi connectivity index (χ0) is 24.6. The van der Waals surface area contributed by atoms with Gasteiger partial charge in [-0.25, -0.2) is 0 Å². The van der Waals surface area contributed by atoms with Gasteiger partial charge in [0.25, 0.3) is 0 Å². The van der Waals surface area contributed by atoms with Gasteiger partial charge >= 0.3 is 0 Å². The molecule has 3 heteroatoms. The quantitative estimate of drug-likeness (QED) is 0.223. The van der Waals surface area contributed by atoms with Gasteiger partial charge in [-0.3, -0.25) is 0 Å². The van der Waals surface area contributed by atoms with Gasteiger partial charge in [0.05, 0.1) is 4.83 Å². The molecule has 0 aromatic carbocycles. The molecule has 0 spiro atoms. The predicted octanol–water partition coefficient (Wildman–Crippen LogP) is 8.17.